The average Bonchev–Trinajstić information content (AvgIpc) is 2.37. The van der Waals surface area contributed by atoms with Gasteiger partial charge in [-0.25, -0.2) is 0 Å². The molecule has 2 rings (SSSR count). The second-order valence-corrected chi connectivity index (χ2v) is 4.07. The van der Waals surface area contributed by atoms with Gasteiger partial charge in [0.1, 0.15) is 5.75 Å². The predicted octanol–water partition coefficient (Wildman–Crippen LogP) is 3.02. The SMILES string of the molecule is O=C(O)CC(Oc1cccc2ncccc12)C(F)(F)F. The van der Waals surface area contributed by atoms with Crippen LogP contribution in [-0.2, 0) is 4.79 Å². The molecule has 0 aliphatic rings. The molecule has 0 bridgehead atoms. The molecule has 1 atom stereocenters. The van der Waals surface area contributed by atoms with Crippen LogP contribution in [0.3, 0.4) is 0 Å². The van der Waals surface area contributed by atoms with Gasteiger partial charge in [-0.2, -0.15) is 13.2 Å². The van der Waals surface area contributed by atoms with E-state index in [1.807, 2.05) is 0 Å². The van der Waals surface area contributed by atoms with Gasteiger partial charge in [0, 0.05) is 11.6 Å². The summed E-state index contributed by atoms with van der Waals surface area (Å²) in [6.07, 6.45) is -6.81. The van der Waals surface area contributed by atoms with Crippen LogP contribution in [0.5, 0.6) is 5.75 Å². The van der Waals surface area contributed by atoms with Gasteiger partial charge < -0.3 is 9.84 Å². The van der Waals surface area contributed by atoms with Crippen molar-refractivity contribution in [2.75, 3.05) is 0 Å². The number of carboxylic acid groups (broad SMARTS) is 1. The highest BCUT2D eigenvalue weighted by atomic mass is 19.4. The molecule has 7 heteroatoms. The van der Waals surface area contributed by atoms with Gasteiger partial charge in [-0.15, -0.1) is 0 Å². The third-order valence-electron chi connectivity index (χ3n) is 2.60. The van der Waals surface area contributed by atoms with Crippen molar-refractivity contribution in [2.45, 2.75) is 18.7 Å². The van der Waals surface area contributed by atoms with Crippen LogP contribution in [0.2, 0.25) is 0 Å². The molecule has 1 N–H and O–H groups in total. The number of aliphatic carboxylic acids is 1. The van der Waals surface area contributed by atoms with E-state index >= 15 is 0 Å². The van der Waals surface area contributed by atoms with Gasteiger partial charge in [-0.1, -0.05) is 6.07 Å². The van der Waals surface area contributed by atoms with E-state index in [9.17, 15) is 18.0 Å². The summed E-state index contributed by atoms with van der Waals surface area (Å²) in [6, 6.07) is 7.60. The zero-order chi connectivity index (χ0) is 14.8. The number of ether oxygens (including phenoxy) is 1. The molecule has 0 amide bonds. The lowest BCUT2D eigenvalue weighted by molar-refractivity contribution is -0.200. The van der Waals surface area contributed by atoms with E-state index in [1.54, 1.807) is 18.2 Å². The maximum Gasteiger partial charge on any atom is 0.426 e. The number of pyridine rings is 1. The Bertz CT molecular complexity index is 622. The lowest BCUT2D eigenvalue weighted by Gasteiger charge is -2.21. The molecular weight excluding hydrogens is 275 g/mol. The number of hydrogen-bond acceptors (Lipinski definition) is 3. The highest BCUT2D eigenvalue weighted by Crippen LogP contribution is 2.31. The predicted molar refractivity (Wildman–Crippen MR) is 64.5 cm³/mol. The van der Waals surface area contributed by atoms with Crippen LogP contribution in [0.15, 0.2) is 36.5 Å². The van der Waals surface area contributed by atoms with Crippen molar-refractivity contribution >= 4 is 16.9 Å². The molecule has 106 valence electrons. The minimum absolute atomic E-state index is 0.0424. The summed E-state index contributed by atoms with van der Waals surface area (Å²) in [4.78, 5) is 14.5. The van der Waals surface area contributed by atoms with Crippen LogP contribution >= 0.6 is 0 Å². The fraction of sp³-hybridized carbons (Fsp3) is 0.231. The molecule has 1 aromatic carbocycles. The molecule has 0 radical (unpaired) electrons. The zero-order valence-electron chi connectivity index (χ0n) is 10.1. The van der Waals surface area contributed by atoms with E-state index in [0.717, 1.165) is 0 Å². The monoisotopic (exact) mass is 285 g/mol. The Hall–Kier alpha value is -2.31. The first-order valence-corrected chi connectivity index (χ1v) is 5.67. The van der Waals surface area contributed by atoms with Crippen LogP contribution < -0.4 is 4.74 Å². The summed E-state index contributed by atoms with van der Waals surface area (Å²) in [7, 11) is 0. The maximum atomic E-state index is 12.8. The Labute approximate surface area is 111 Å². The quantitative estimate of drug-likeness (QED) is 0.938. The van der Waals surface area contributed by atoms with Crippen molar-refractivity contribution in [3.63, 3.8) is 0 Å². The average molecular weight is 285 g/mol. The fourth-order valence-corrected chi connectivity index (χ4v) is 1.71. The van der Waals surface area contributed by atoms with Crippen LogP contribution in [-0.4, -0.2) is 28.3 Å². The first kappa shape index (κ1) is 14.1. The molecule has 0 fully saturated rings. The smallest absolute Gasteiger partial charge is 0.426 e. The minimum Gasteiger partial charge on any atom is -0.481 e. The molecule has 2 aromatic rings. The minimum atomic E-state index is -4.76. The fourth-order valence-electron chi connectivity index (χ4n) is 1.71. The van der Waals surface area contributed by atoms with Crippen LogP contribution in [0, 0.1) is 0 Å². The molecule has 0 aliphatic heterocycles. The van der Waals surface area contributed by atoms with Crippen LogP contribution in [0.1, 0.15) is 6.42 Å². The van der Waals surface area contributed by atoms with Gasteiger partial charge in [-0.3, -0.25) is 9.78 Å². The van der Waals surface area contributed by atoms with E-state index in [1.165, 1.54) is 18.3 Å². The van der Waals surface area contributed by atoms with Gasteiger partial charge >= 0.3 is 12.1 Å². The number of nitrogens with zero attached hydrogens (tertiary/aromatic N) is 1. The Kier molecular flexibility index (Phi) is 3.78. The molecule has 0 spiro atoms. The second kappa shape index (κ2) is 5.36. The molecule has 4 nitrogen and oxygen atoms in total. The summed E-state index contributed by atoms with van der Waals surface area (Å²) in [5.41, 5.74) is 0.473. The molecule has 1 heterocycles. The van der Waals surface area contributed by atoms with E-state index in [-0.39, 0.29) is 5.75 Å². The number of alkyl halides is 3. The highest BCUT2D eigenvalue weighted by Gasteiger charge is 2.43. The van der Waals surface area contributed by atoms with Gasteiger partial charge in [0.25, 0.3) is 0 Å². The molecule has 20 heavy (non-hydrogen) atoms. The topological polar surface area (TPSA) is 59.4 Å². The van der Waals surface area contributed by atoms with Crippen molar-refractivity contribution in [3.8, 4) is 5.75 Å². The van der Waals surface area contributed by atoms with Gasteiger partial charge in [-0.05, 0) is 24.3 Å². The summed E-state index contributed by atoms with van der Waals surface area (Å²) in [6.45, 7) is 0. The number of aromatic nitrogens is 1. The number of benzene rings is 1. The number of halogens is 3. The largest absolute Gasteiger partial charge is 0.481 e. The van der Waals surface area contributed by atoms with Gasteiger partial charge in [0.15, 0.2) is 0 Å². The Morgan fingerprint density at radius 3 is 2.70 bits per heavy atom. The molecular formula is C13H10F3NO3. The third-order valence-corrected chi connectivity index (χ3v) is 2.60. The maximum absolute atomic E-state index is 12.8. The molecule has 0 aliphatic carbocycles. The van der Waals surface area contributed by atoms with Crippen molar-refractivity contribution in [1.82, 2.24) is 4.98 Å². The van der Waals surface area contributed by atoms with Crippen molar-refractivity contribution in [1.29, 1.82) is 0 Å². The first-order valence-electron chi connectivity index (χ1n) is 5.67. The number of hydrogen-bond donors (Lipinski definition) is 1. The molecule has 0 saturated heterocycles. The summed E-state index contributed by atoms with van der Waals surface area (Å²) < 4.78 is 43.1. The lowest BCUT2D eigenvalue weighted by atomic mass is 10.2. The van der Waals surface area contributed by atoms with Crippen LogP contribution in [0.25, 0.3) is 10.9 Å². The van der Waals surface area contributed by atoms with Crippen molar-refractivity contribution < 1.29 is 27.8 Å². The Balaban J connectivity index is 2.36. The summed E-state index contributed by atoms with van der Waals surface area (Å²) in [5.74, 6) is -1.62. The van der Waals surface area contributed by atoms with E-state index in [0.29, 0.717) is 10.9 Å². The summed E-state index contributed by atoms with van der Waals surface area (Å²) >= 11 is 0. The number of fused-ring (bicyclic) bond motifs is 1. The second-order valence-electron chi connectivity index (χ2n) is 4.07. The molecule has 1 aromatic heterocycles. The van der Waals surface area contributed by atoms with Crippen molar-refractivity contribution in [2.24, 2.45) is 0 Å². The first-order chi connectivity index (χ1) is 9.38. The lowest BCUT2D eigenvalue weighted by Crippen LogP contribution is -2.36. The highest BCUT2D eigenvalue weighted by molar-refractivity contribution is 5.84. The van der Waals surface area contributed by atoms with Gasteiger partial charge in [0.2, 0.25) is 6.10 Å². The normalized spacial score (nSPS) is 13.2. The Morgan fingerprint density at radius 1 is 1.30 bits per heavy atom. The van der Waals surface area contributed by atoms with E-state index in [2.05, 4.69) is 4.98 Å². The van der Waals surface area contributed by atoms with E-state index in [4.69, 9.17) is 9.84 Å². The number of carbonyl (C=O) groups is 1. The number of rotatable bonds is 4. The van der Waals surface area contributed by atoms with Crippen molar-refractivity contribution in [3.05, 3.63) is 36.5 Å². The standard InChI is InChI=1S/C13H10F3NO3/c14-13(15,16)11(7-12(18)19)20-10-5-1-4-9-8(10)3-2-6-17-9/h1-6,11H,7H2,(H,18,19). The Morgan fingerprint density at radius 2 is 2.05 bits per heavy atom. The molecule has 0 saturated carbocycles. The van der Waals surface area contributed by atoms with Gasteiger partial charge in [0.05, 0.1) is 11.9 Å². The number of carboxylic acids is 1. The zero-order valence-corrected chi connectivity index (χ0v) is 10.1. The van der Waals surface area contributed by atoms with Crippen LogP contribution in [0.4, 0.5) is 13.2 Å². The third kappa shape index (κ3) is 3.17. The summed E-state index contributed by atoms with van der Waals surface area (Å²) in [5, 5.41) is 8.94. The van der Waals surface area contributed by atoms with E-state index < -0.39 is 24.7 Å². The molecule has 1 unspecified atom stereocenters.